The van der Waals surface area contributed by atoms with Gasteiger partial charge in [0.15, 0.2) is 0 Å². The van der Waals surface area contributed by atoms with E-state index >= 15 is 0 Å². The summed E-state index contributed by atoms with van der Waals surface area (Å²) in [4.78, 5) is 11.6. The van der Waals surface area contributed by atoms with Gasteiger partial charge in [-0.2, -0.15) is 0 Å². The maximum atomic E-state index is 12.9. The Balaban J connectivity index is 2.42. The van der Waals surface area contributed by atoms with Crippen LogP contribution in [0.25, 0.3) is 0 Å². The first kappa shape index (κ1) is 15.2. The molecule has 100 valence electrons. The molecule has 1 unspecified atom stereocenters. The molecule has 0 saturated carbocycles. The molecule has 2 N–H and O–H groups in total. The zero-order chi connectivity index (χ0) is 13.5. The van der Waals surface area contributed by atoms with E-state index in [-0.39, 0.29) is 24.3 Å². The van der Waals surface area contributed by atoms with Crippen molar-refractivity contribution in [3.63, 3.8) is 0 Å². The Morgan fingerprint density at radius 2 is 2.28 bits per heavy atom. The predicted octanol–water partition coefficient (Wildman–Crippen LogP) is 1.99. The molecule has 1 amide bonds. The normalized spacial score (nSPS) is 12.0. The Kier molecular flexibility index (Phi) is 6.34. The highest BCUT2D eigenvalue weighted by atomic mass is 127. The minimum absolute atomic E-state index is 0.0309. The Labute approximate surface area is 119 Å². The molecule has 0 heterocycles. The van der Waals surface area contributed by atoms with Crippen LogP contribution in [0.4, 0.5) is 10.1 Å². The summed E-state index contributed by atoms with van der Waals surface area (Å²) >= 11 is 2.02. The van der Waals surface area contributed by atoms with Gasteiger partial charge < -0.3 is 15.4 Å². The molecule has 0 saturated heterocycles. The van der Waals surface area contributed by atoms with Gasteiger partial charge in [0.05, 0.1) is 13.2 Å². The third-order valence-electron chi connectivity index (χ3n) is 2.19. The number of amides is 1. The van der Waals surface area contributed by atoms with Crippen molar-refractivity contribution in [2.24, 2.45) is 0 Å². The van der Waals surface area contributed by atoms with E-state index in [9.17, 15) is 9.18 Å². The SMILES string of the molecule is COCC(C)NC(=O)CNc1ccc(F)cc1I. The van der Waals surface area contributed by atoms with Crippen LogP contribution >= 0.6 is 22.6 Å². The van der Waals surface area contributed by atoms with Crippen molar-refractivity contribution in [2.75, 3.05) is 25.6 Å². The molecular weight excluding hydrogens is 350 g/mol. The number of nitrogens with one attached hydrogen (secondary N) is 2. The van der Waals surface area contributed by atoms with Gasteiger partial charge in [0.1, 0.15) is 5.82 Å². The Bertz CT molecular complexity index is 415. The Morgan fingerprint density at radius 1 is 1.56 bits per heavy atom. The molecule has 0 spiro atoms. The first-order chi connectivity index (χ1) is 8.52. The van der Waals surface area contributed by atoms with Gasteiger partial charge in [-0.3, -0.25) is 4.79 Å². The molecule has 0 bridgehead atoms. The van der Waals surface area contributed by atoms with Crippen LogP contribution in [0.15, 0.2) is 18.2 Å². The number of benzene rings is 1. The molecular formula is C12H16FIN2O2. The number of carbonyl (C=O) groups is 1. The minimum Gasteiger partial charge on any atom is -0.383 e. The molecule has 0 fully saturated rings. The third-order valence-corrected chi connectivity index (χ3v) is 3.09. The fourth-order valence-electron chi connectivity index (χ4n) is 1.43. The van der Waals surface area contributed by atoms with Crippen molar-refractivity contribution < 1.29 is 13.9 Å². The van der Waals surface area contributed by atoms with Crippen LogP contribution in [-0.2, 0) is 9.53 Å². The standard InChI is InChI=1S/C12H16FIN2O2/c1-8(7-18-2)16-12(17)6-15-11-4-3-9(13)5-10(11)14/h3-5,8,15H,6-7H2,1-2H3,(H,16,17). The van der Waals surface area contributed by atoms with Crippen LogP contribution in [0.1, 0.15) is 6.92 Å². The molecule has 1 rings (SSSR count). The highest BCUT2D eigenvalue weighted by Gasteiger charge is 2.07. The highest BCUT2D eigenvalue weighted by Crippen LogP contribution is 2.18. The van der Waals surface area contributed by atoms with Gasteiger partial charge >= 0.3 is 0 Å². The van der Waals surface area contributed by atoms with Gasteiger partial charge in [0.2, 0.25) is 5.91 Å². The smallest absolute Gasteiger partial charge is 0.239 e. The second-order valence-corrected chi connectivity index (χ2v) is 5.06. The summed E-state index contributed by atoms with van der Waals surface area (Å²) in [6, 6.07) is 4.35. The largest absolute Gasteiger partial charge is 0.383 e. The summed E-state index contributed by atoms with van der Waals surface area (Å²) in [5, 5.41) is 5.74. The minimum atomic E-state index is -0.289. The first-order valence-electron chi connectivity index (χ1n) is 5.50. The van der Waals surface area contributed by atoms with E-state index in [0.29, 0.717) is 6.61 Å². The van der Waals surface area contributed by atoms with Crippen LogP contribution in [0.3, 0.4) is 0 Å². The van der Waals surface area contributed by atoms with Crippen LogP contribution < -0.4 is 10.6 Å². The molecule has 0 radical (unpaired) electrons. The number of rotatable bonds is 6. The summed E-state index contributed by atoms with van der Waals surface area (Å²) in [5.74, 6) is -0.414. The number of halogens is 2. The molecule has 1 atom stereocenters. The Hall–Kier alpha value is -0.890. The van der Waals surface area contributed by atoms with E-state index in [1.54, 1.807) is 13.2 Å². The summed E-state index contributed by atoms with van der Waals surface area (Å²) in [5.41, 5.74) is 0.742. The van der Waals surface area contributed by atoms with E-state index in [4.69, 9.17) is 4.74 Å². The van der Waals surface area contributed by atoms with E-state index < -0.39 is 0 Å². The summed E-state index contributed by atoms with van der Waals surface area (Å²) in [6.07, 6.45) is 0. The van der Waals surface area contributed by atoms with Gasteiger partial charge in [0, 0.05) is 22.4 Å². The molecule has 1 aromatic rings. The van der Waals surface area contributed by atoms with Crippen molar-refractivity contribution >= 4 is 34.2 Å². The second-order valence-electron chi connectivity index (χ2n) is 3.90. The van der Waals surface area contributed by atoms with Crippen LogP contribution in [0.2, 0.25) is 0 Å². The average Bonchev–Trinajstić information content (AvgIpc) is 2.28. The van der Waals surface area contributed by atoms with Gasteiger partial charge in [-0.05, 0) is 47.7 Å². The van der Waals surface area contributed by atoms with E-state index in [2.05, 4.69) is 10.6 Å². The summed E-state index contributed by atoms with van der Waals surface area (Å²) < 4.78 is 18.5. The van der Waals surface area contributed by atoms with Crippen molar-refractivity contribution in [1.82, 2.24) is 5.32 Å². The first-order valence-corrected chi connectivity index (χ1v) is 6.58. The van der Waals surface area contributed by atoms with Gasteiger partial charge in [-0.1, -0.05) is 0 Å². The van der Waals surface area contributed by atoms with Gasteiger partial charge in [0.25, 0.3) is 0 Å². The number of ether oxygens (including phenoxy) is 1. The monoisotopic (exact) mass is 366 g/mol. The zero-order valence-corrected chi connectivity index (χ0v) is 12.5. The molecule has 4 nitrogen and oxygen atoms in total. The van der Waals surface area contributed by atoms with Gasteiger partial charge in [-0.15, -0.1) is 0 Å². The van der Waals surface area contributed by atoms with E-state index in [1.807, 2.05) is 29.5 Å². The second kappa shape index (κ2) is 7.52. The molecule has 0 aliphatic rings. The number of hydrogen-bond acceptors (Lipinski definition) is 3. The van der Waals surface area contributed by atoms with Crippen molar-refractivity contribution in [2.45, 2.75) is 13.0 Å². The van der Waals surface area contributed by atoms with Crippen molar-refractivity contribution in [1.29, 1.82) is 0 Å². The lowest BCUT2D eigenvalue weighted by molar-refractivity contribution is -0.120. The molecule has 0 aliphatic heterocycles. The molecule has 6 heteroatoms. The predicted molar refractivity (Wildman–Crippen MR) is 77.1 cm³/mol. The zero-order valence-electron chi connectivity index (χ0n) is 10.3. The quantitative estimate of drug-likeness (QED) is 0.758. The number of anilines is 1. The maximum Gasteiger partial charge on any atom is 0.239 e. The number of methoxy groups -OCH3 is 1. The summed E-state index contributed by atoms with van der Waals surface area (Å²) in [6.45, 7) is 2.48. The molecule has 0 aliphatic carbocycles. The molecule has 0 aromatic heterocycles. The van der Waals surface area contributed by atoms with Crippen LogP contribution in [0.5, 0.6) is 0 Å². The fourth-order valence-corrected chi connectivity index (χ4v) is 2.09. The maximum absolute atomic E-state index is 12.9. The average molecular weight is 366 g/mol. The van der Waals surface area contributed by atoms with Crippen LogP contribution in [0, 0.1) is 9.39 Å². The molecule has 1 aromatic carbocycles. The topological polar surface area (TPSA) is 50.4 Å². The fraction of sp³-hybridized carbons (Fsp3) is 0.417. The number of hydrogen-bond donors (Lipinski definition) is 2. The van der Waals surface area contributed by atoms with Gasteiger partial charge in [-0.25, -0.2) is 4.39 Å². The Morgan fingerprint density at radius 3 is 2.89 bits per heavy atom. The lowest BCUT2D eigenvalue weighted by Crippen LogP contribution is -2.39. The summed E-state index contributed by atoms with van der Waals surface area (Å²) in [7, 11) is 1.59. The van der Waals surface area contributed by atoms with Crippen molar-refractivity contribution in [3.8, 4) is 0 Å². The van der Waals surface area contributed by atoms with Crippen LogP contribution in [-0.4, -0.2) is 32.2 Å². The lowest BCUT2D eigenvalue weighted by atomic mass is 10.3. The van der Waals surface area contributed by atoms with E-state index in [0.717, 1.165) is 9.26 Å². The lowest BCUT2D eigenvalue weighted by Gasteiger charge is -2.14. The van der Waals surface area contributed by atoms with Crippen molar-refractivity contribution in [3.05, 3.63) is 27.6 Å². The highest BCUT2D eigenvalue weighted by molar-refractivity contribution is 14.1. The number of carbonyl (C=O) groups excluding carboxylic acids is 1. The van der Waals surface area contributed by atoms with E-state index in [1.165, 1.54) is 12.1 Å². The third kappa shape index (κ3) is 5.18. The molecule has 18 heavy (non-hydrogen) atoms.